The predicted molar refractivity (Wildman–Crippen MR) is 66.1 cm³/mol. The van der Waals surface area contributed by atoms with Crippen LogP contribution in [-0.2, 0) is 6.54 Å². The molecule has 0 spiro atoms. The number of nitrogens with zero attached hydrogens (tertiary/aromatic N) is 1. The van der Waals surface area contributed by atoms with Crippen molar-refractivity contribution in [2.75, 3.05) is 0 Å². The first kappa shape index (κ1) is 8.98. The Morgan fingerprint density at radius 2 is 2.00 bits per heavy atom. The molecule has 0 fully saturated rings. The van der Waals surface area contributed by atoms with Crippen molar-refractivity contribution in [1.82, 2.24) is 4.90 Å². The Labute approximate surface area is 97.5 Å². The molecule has 0 saturated heterocycles. The van der Waals surface area contributed by atoms with E-state index in [2.05, 4.69) is 69.5 Å². The zero-order chi connectivity index (χ0) is 10.3. The lowest BCUT2D eigenvalue weighted by atomic mass is 10.0. The number of allylic oxidation sites excluding steroid dienone is 3. The summed E-state index contributed by atoms with van der Waals surface area (Å²) in [6.07, 6.45) is 8.39. The van der Waals surface area contributed by atoms with E-state index < -0.39 is 0 Å². The number of rotatable bonds is 0. The number of hydrogen-bond acceptors (Lipinski definition) is 1. The van der Waals surface area contributed by atoms with Crippen molar-refractivity contribution < 1.29 is 0 Å². The van der Waals surface area contributed by atoms with Crippen LogP contribution in [0.15, 0.2) is 54.4 Å². The molecule has 74 valence electrons. The van der Waals surface area contributed by atoms with Crippen molar-refractivity contribution in [1.29, 1.82) is 0 Å². The topological polar surface area (TPSA) is 3.24 Å². The van der Waals surface area contributed by atoms with Gasteiger partial charge in [-0.25, -0.2) is 0 Å². The fourth-order valence-corrected chi connectivity index (χ4v) is 2.75. The summed E-state index contributed by atoms with van der Waals surface area (Å²) in [4.78, 5) is 2.26. The second-order valence-corrected chi connectivity index (χ2v) is 4.48. The lowest BCUT2D eigenvalue weighted by Crippen LogP contribution is -2.21. The monoisotopic (exact) mass is 259 g/mol. The van der Waals surface area contributed by atoms with Gasteiger partial charge in [-0.2, -0.15) is 0 Å². The molecule has 0 unspecified atom stereocenters. The van der Waals surface area contributed by atoms with Crippen LogP contribution in [0.3, 0.4) is 0 Å². The van der Waals surface area contributed by atoms with Crippen molar-refractivity contribution in [3.8, 4) is 0 Å². The average Bonchev–Trinajstić information content (AvgIpc) is 2.30. The Morgan fingerprint density at radius 1 is 1.13 bits per heavy atom. The molecule has 1 nitrogen and oxygen atoms in total. The van der Waals surface area contributed by atoms with E-state index in [0.717, 1.165) is 6.54 Å². The van der Waals surface area contributed by atoms with Crippen LogP contribution < -0.4 is 0 Å². The molecule has 0 radical (unpaired) electrons. The lowest BCUT2D eigenvalue weighted by molar-refractivity contribution is 0.466. The summed E-state index contributed by atoms with van der Waals surface area (Å²) >= 11 is 3.68. The molecular weight excluding hydrogens is 250 g/mol. The molecule has 2 aliphatic heterocycles. The van der Waals surface area contributed by atoms with E-state index >= 15 is 0 Å². The van der Waals surface area contributed by atoms with E-state index in [-0.39, 0.29) is 0 Å². The van der Waals surface area contributed by atoms with Gasteiger partial charge in [-0.3, -0.25) is 0 Å². The fraction of sp³-hybridized carbons (Fsp3) is 0.0769. The van der Waals surface area contributed by atoms with Gasteiger partial charge in [0.1, 0.15) is 0 Å². The number of benzene rings is 1. The molecule has 3 rings (SSSR count). The predicted octanol–water partition coefficient (Wildman–Crippen LogP) is 3.65. The highest BCUT2D eigenvalue weighted by molar-refractivity contribution is 9.15. The number of fused-ring (bicyclic) bond motifs is 2. The molecule has 0 aliphatic carbocycles. The number of hydrogen-bond donors (Lipinski definition) is 0. The van der Waals surface area contributed by atoms with Crippen LogP contribution in [0, 0.1) is 0 Å². The van der Waals surface area contributed by atoms with Gasteiger partial charge in [-0.05, 0) is 39.2 Å². The van der Waals surface area contributed by atoms with Crippen molar-refractivity contribution in [2.45, 2.75) is 6.54 Å². The zero-order valence-corrected chi connectivity index (χ0v) is 9.74. The summed E-state index contributed by atoms with van der Waals surface area (Å²) in [6.45, 7) is 0.960. The summed E-state index contributed by atoms with van der Waals surface area (Å²) in [6, 6.07) is 8.52. The maximum atomic E-state index is 3.68. The smallest absolute Gasteiger partial charge is 0.0559 e. The van der Waals surface area contributed by atoms with Crippen LogP contribution in [0.2, 0.25) is 0 Å². The summed E-state index contributed by atoms with van der Waals surface area (Å²) in [5.41, 5.74) is 3.92. The first-order valence-electron chi connectivity index (χ1n) is 4.96. The molecule has 2 aliphatic rings. The normalized spacial score (nSPS) is 17.8. The van der Waals surface area contributed by atoms with E-state index in [1.54, 1.807) is 0 Å². The molecule has 1 aromatic rings. The van der Waals surface area contributed by atoms with Gasteiger partial charge in [0.05, 0.1) is 5.70 Å². The van der Waals surface area contributed by atoms with Crippen molar-refractivity contribution >= 4 is 20.4 Å². The van der Waals surface area contributed by atoms with Crippen LogP contribution in [0.5, 0.6) is 0 Å². The minimum Gasteiger partial charge on any atom is -0.343 e. The van der Waals surface area contributed by atoms with Gasteiger partial charge in [-0.1, -0.05) is 30.3 Å². The van der Waals surface area contributed by atoms with Gasteiger partial charge < -0.3 is 4.90 Å². The summed E-state index contributed by atoms with van der Waals surface area (Å²) in [5, 5.41) is 0. The van der Waals surface area contributed by atoms with Crippen LogP contribution in [0.4, 0.5) is 0 Å². The van der Waals surface area contributed by atoms with Gasteiger partial charge in [0, 0.05) is 17.2 Å². The molecule has 15 heavy (non-hydrogen) atoms. The molecular formula is C13H10BrN. The highest BCUT2D eigenvalue weighted by atomic mass is 79.9. The first-order valence-corrected chi connectivity index (χ1v) is 5.75. The molecule has 2 heterocycles. The Kier molecular flexibility index (Phi) is 2.03. The van der Waals surface area contributed by atoms with Crippen molar-refractivity contribution in [2.24, 2.45) is 0 Å². The van der Waals surface area contributed by atoms with Crippen molar-refractivity contribution in [3.63, 3.8) is 0 Å². The van der Waals surface area contributed by atoms with E-state index in [1.165, 1.54) is 21.3 Å². The van der Waals surface area contributed by atoms with Crippen LogP contribution in [0.25, 0.3) is 4.48 Å². The fourth-order valence-electron chi connectivity index (χ4n) is 2.01. The van der Waals surface area contributed by atoms with Crippen LogP contribution in [0.1, 0.15) is 11.1 Å². The van der Waals surface area contributed by atoms with Crippen molar-refractivity contribution in [3.05, 3.63) is 65.5 Å². The summed E-state index contributed by atoms with van der Waals surface area (Å²) < 4.78 is 1.19. The van der Waals surface area contributed by atoms with Crippen LogP contribution >= 0.6 is 15.9 Å². The molecule has 2 heteroatoms. The second-order valence-electron chi connectivity index (χ2n) is 3.68. The molecule has 0 atom stereocenters. The quantitative estimate of drug-likeness (QED) is 0.688. The largest absolute Gasteiger partial charge is 0.343 e. The summed E-state index contributed by atoms with van der Waals surface area (Å²) in [5.74, 6) is 0. The average molecular weight is 260 g/mol. The van der Waals surface area contributed by atoms with E-state index in [0.29, 0.717) is 0 Å². The van der Waals surface area contributed by atoms with Gasteiger partial charge in [0.25, 0.3) is 0 Å². The minimum atomic E-state index is 0.960. The Hall–Kier alpha value is -1.28. The third kappa shape index (κ3) is 1.37. The molecule has 0 saturated carbocycles. The molecule has 0 N–H and O–H groups in total. The van der Waals surface area contributed by atoms with E-state index in [1.807, 2.05) is 0 Å². The molecule has 0 amide bonds. The maximum Gasteiger partial charge on any atom is 0.0559 e. The third-order valence-electron chi connectivity index (χ3n) is 2.76. The highest BCUT2D eigenvalue weighted by Crippen LogP contribution is 2.37. The Morgan fingerprint density at radius 3 is 2.93 bits per heavy atom. The molecule has 0 bridgehead atoms. The van der Waals surface area contributed by atoms with E-state index in [4.69, 9.17) is 0 Å². The Bertz CT molecular complexity index is 497. The SMILES string of the molecule is BrC1=C2C=CC=CN2Cc2ccccc21. The van der Waals surface area contributed by atoms with Gasteiger partial charge in [0.2, 0.25) is 0 Å². The maximum absolute atomic E-state index is 3.68. The standard InChI is InChI=1S/C13H10BrN/c14-13-11-6-2-1-5-10(11)9-15-8-4-3-7-12(13)15/h1-8H,9H2. The number of halogens is 1. The van der Waals surface area contributed by atoms with Gasteiger partial charge in [0.15, 0.2) is 0 Å². The minimum absolute atomic E-state index is 0.960. The van der Waals surface area contributed by atoms with E-state index in [9.17, 15) is 0 Å². The van der Waals surface area contributed by atoms with Gasteiger partial charge in [-0.15, -0.1) is 0 Å². The molecule has 0 aromatic heterocycles. The first-order chi connectivity index (χ1) is 7.36. The Balaban J connectivity index is 2.21. The second kappa shape index (κ2) is 3.38. The summed E-state index contributed by atoms with van der Waals surface area (Å²) in [7, 11) is 0. The lowest BCUT2D eigenvalue weighted by Gasteiger charge is -2.30. The van der Waals surface area contributed by atoms with Gasteiger partial charge >= 0.3 is 0 Å². The van der Waals surface area contributed by atoms with Crippen LogP contribution in [-0.4, -0.2) is 4.90 Å². The zero-order valence-electron chi connectivity index (χ0n) is 8.15. The molecule has 1 aromatic carbocycles. The highest BCUT2D eigenvalue weighted by Gasteiger charge is 2.20. The third-order valence-corrected chi connectivity index (χ3v) is 3.59.